The molecule has 1 aliphatic rings. The van der Waals surface area contributed by atoms with Crippen LogP contribution in [-0.4, -0.2) is 14.8 Å². The molecule has 0 saturated heterocycles. The summed E-state index contributed by atoms with van der Waals surface area (Å²) in [5, 5.41) is 10.2. The predicted octanol–water partition coefficient (Wildman–Crippen LogP) is 5.16. The summed E-state index contributed by atoms with van der Waals surface area (Å²) >= 11 is 5.59. The van der Waals surface area contributed by atoms with Crippen molar-refractivity contribution in [1.82, 2.24) is 14.8 Å². The molecule has 3 nitrogen and oxygen atoms in total. The maximum atomic E-state index is 5.59. The maximum Gasteiger partial charge on any atom is 0.200 e. The quantitative estimate of drug-likeness (QED) is 0.510. The van der Waals surface area contributed by atoms with Crippen LogP contribution >= 0.6 is 12.2 Å². The highest BCUT2D eigenvalue weighted by Crippen LogP contribution is 2.35. The molecule has 1 aliphatic carbocycles. The fourth-order valence-corrected chi connectivity index (χ4v) is 4.18. The molecule has 4 aromatic rings. The standard InChI is InChI=1S/C21H17N3S/c1-13-5-2-3-7-16(13)20-22-23-21(25)24(20)18-12-11-15-10-9-14-6-4-8-17(18)19(14)15/h2-8,11-12H,9-10H2,1H3,(H,23,25). The van der Waals surface area contributed by atoms with E-state index in [1.165, 1.54) is 27.5 Å². The number of aryl methyl sites for hydroxylation is 3. The van der Waals surface area contributed by atoms with Crippen molar-refractivity contribution in [3.05, 3.63) is 76.1 Å². The van der Waals surface area contributed by atoms with Crippen molar-refractivity contribution in [3.63, 3.8) is 0 Å². The van der Waals surface area contributed by atoms with Gasteiger partial charge in [0.05, 0.1) is 5.69 Å². The molecule has 25 heavy (non-hydrogen) atoms. The van der Waals surface area contributed by atoms with Gasteiger partial charge in [-0.25, -0.2) is 0 Å². The normalized spacial score (nSPS) is 12.8. The van der Waals surface area contributed by atoms with Crippen LogP contribution in [0.25, 0.3) is 27.8 Å². The van der Waals surface area contributed by atoms with Crippen molar-refractivity contribution < 1.29 is 0 Å². The first-order valence-corrected chi connectivity index (χ1v) is 8.92. The summed E-state index contributed by atoms with van der Waals surface area (Å²) in [4.78, 5) is 0. The molecule has 5 rings (SSSR count). The van der Waals surface area contributed by atoms with Gasteiger partial charge in [0.2, 0.25) is 0 Å². The first-order valence-electron chi connectivity index (χ1n) is 8.51. The van der Waals surface area contributed by atoms with E-state index in [1.54, 1.807) is 0 Å². The summed E-state index contributed by atoms with van der Waals surface area (Å²) < 4.78 is 2.69. The van der Waals surface area contributed by atoms with Crippen molar-refractivity contribution >= 4 is 23.0 Å². The zero-order chi connectivity index (χ0) is 17.0. The Balaban J connectivity index is 1.85. The Hall–Kier alpha value is -2.72. The number of H-pyrrole nitrogens is 1. The summed E-state index contributed by atoms with van der Waals surface area (Å²) in [5.74, 6) is 0.863. The zero-order valence-electron chi connectivity index (χ0n) is 13.9. The van der Waals surface area contributed by atoms with E-state index in [4.69, 9.17) is 12.2 Å². The van der Waals surface area contributed by atoms with E-state index in [0.29, 0.717) is 4.77 Å². The van der Waals surface area contributed by atoms with E-state index in [0.717, 1.165) is 29.9 Å². The lowest BCUT2D eigenvalue weighted by Crippen LogP contribution is -2.00. The van der Waals surface area contributed by atoms with Gasteiger partial charge < -0.3 is 0 Å². The van der Waals surface area contributed by atoms with Crippen molar-refractivity contribution in [2.45, 2.75) is 19.8 Å². The Labute approximate surface area is 151 Å². The van der Waals surface area contributed by atoms with Crippen LogP contribution in [-0.2, 0) is 12.8 Å². The summed E-state index contributed by atoms with van der Waals surface area (Å²) in [5.41, 5.74) is 6.24. The maximum absolute atomic E-state index is 5.59. The van der Waals surface area contributed by atoms with Crippen LogP contribution in [0, 0.1) is 11.7 Å². The van der Waals surface area contributed by atoms with Gasteiger partial charge >= 0.3 is 0 Å². The third kappa shape index (κ3) is 2.11. The Kier molecular flexibility index (Phi) is 3.15. The van der Waals surface area contributed by atoms with E-state index < -0.39 is 0 Å². The van der Waals surface area contributed by atoms with E-state index in [9.17, 15) is 0 Å². The SMILES string of the molecule is Cc1ccccc1-c1n[nH]c(=S)n1-c1ccc2c3c(cccc13)CC2. The number of nitrogens with one attached hydrogen (secondary N) is 1. The van der Waals surface area contributed by atoms with Crippen LogP contribution < -0.4 is 0 Å². The Morgan fingerprint density at radius 2 is 1.76 bits per heavy atom. The summed E-state index contributed by atoms with van der Waals surface area (Å²) in [6.45, 7) is 2.10. The number of aromatic nitrogens is 3. The molecular weight excluding hydrogens is 326 g/mol. The molecule has 0 saturated carbocycles. The minimum atomic E-state index is 0.622. The van der Waals surface area contributed by atoms with Gasteiger partial charge in [0.25, 0.3) is 0 Å². The van der Waals surface area contributed by atoms with Crippen molar-refractivity contribution in [3.8, 4) is 17.1 Å². The van der Waals surface area contributed by atoms with Gasteiger partial charge in [-0.1, -0.05) is 48.5 Å². The molecule has 0 atom stereocenters. The molecule has 0 unspecified atom stereocenters. The average Bonchev–Trinajstić information content (AvgIpc) is 3.22. The molecule has 0 fully saturated rings. The minimum absolute atomic E-state index is 0.622. The number of rotatable bonds is 2. The van der Waals surface area contributed by atoms with Gasteiger partial charge in [-0.15, -0.1) is 0 Å². The van der Waals surface area contributed by atoms with Gasteiger partial charge in [0.1, 0.15) is 0 Å². The third-order valence-electron chi connectivity index (χ3n) is 5.15. The fourth-order valence-electron chi connectivity index (χ4n) is 3.95. The van der Waals surface area contributed by atoms with E-state index in [1.807, 2.05) is 12.1 Å². The molecule has 3 aromatic carbocycles. The third-order valence-corrected chi connectivity index (χ3v) is 5.43. The van der Waals surface area contributed by atoms with Gasteiger partial charge in [0.15, 0.2) is 10.6 Å². The van der Waals surface area contributed by atoms with Crippen LogP contribution in [0.5, 0.6) is 0 Å². The molecule has 0 radical (unpaired) electrons. The summed E-state index contributed by atoms with van der Waals surface area (Å²) in [6, 6.07) is 19.3. The van der Waals surface area contributed by atoms with Crippen molar-refractivity contribution in [2.75, 3.05) is 0 Å². The van der Waals surface area contributed by atoms with Crippen LogP contribution in [0.15, 0.2) is 54.6 Å². The number of nitrogens with zero attached hydrogens (tertiary/aromatic N) is 2. The van der Waals surface area contributed by atoms with E-state index in [2.05, 4.69) is 64.2 Å². The molecule has 1 heterocycles. The molecule has 122 valence electrons. The Morgan fingerprint density at radius 1 is 0.960 bits per heavy atom. The number of hydrogen-bond acceptors (Lipinski definition) is 2. The molecular formula is C21H17N3S. The van der Waals surface area contributed by atoms with Crippen LogP contribution in [0.2, 0.25) is 0 Å². The smallest absolute Gasteiger partial charge is 0.200 e. The Morgan fingerprint density at radius 3 is 2.60 bits per heavy atom. The second-order valence-electron chi connectivity index (χ2n) is 6.59. The molecule has 0 aliphatic heterocycles. The second kappa shape index (κ2) is 5.39. The molecule has 0 bridgehead atoms. The number of aromatic amines is 1. The second-order valence-corrected chi connectivity index (χ2v) is 6.97. The lowest BCUT2D eigenvalue weighted by Gasteiger charge is -2.13. The zero-order valence-corrected chi connectivity index (χ0v) is 14.7. The lowest BCUT2D eigenvalue weighted by atomic mass is 10.0. The molecule has 0 spiro atoms. The van der Waals surface area contributed by atoms with E-state index >= 15 is 0 Å². The highest BCUT2D eigenvalue weighted by Gasteiger charge is 2.19. The molecule has 1 N–H and O–H groups in total. The minimum Gasteiger partial charge on any atom is -0.268 e. The Bertz CT molecular complexity index is 1170. The highest BCUT2D eigenvalue weighted by molar-refractivity contribution is 7.71. The van der Waals surface area contributed by atoms with Crippen molar-refractivity contribution in [2.24, 2.45) is 0 Å². The van der Waals surface area contributed by atoms with Crippen molar-refractivity contribution in [1.29, 1.82) is 0 Å². The first-order chi connectivity index (χ1) is 12.2. The van der Waals surface area contributed by atoms with Gasteiger partial charge in [-0.05, 0) is 60.1 Å². The molecule has 0 amide bonds. The van der Waals surface area contributed by atoms with Gasteiger partial charge in [-0.2, -0.15) is 5.10 Å². The van der Waals surface area contributed by atoms with E-state index in [-0.39, 0.29) is 0 Å². The number of hydrogen-bond donors (Lipinski definition) is 1. The highest BCUT2D eigenvalue weighted by atomic mass is 32.1. The number of benzene rings is 3. The average molecular weight is 343 g/mol. The first kappa shape index (κ1) is 14.6. The van der Waals surface area contributed by atoms with Gasteiger partial charge in [0, 0.05) is 10.9 Å². The lowest BCUT2D eigenvalue weighted by molar-refractivity contribution is 1.02. The monoisotopic (exact) mass is 343 g/mol. The van der Waals surface area contributed by atoms with Crippen LogP contribution in [0.3, 0.4) is 0 Å². The summed E-state index contributed by atoms with van der Waals surface area (Å²) in [7, 11) is 0. The predicted molar refractivity (Wildman–Crippen MR) is 104 cm³/mol. The molecule has 4 heteroatoms. The summed E-state index contributed by atoms with van der Waals surface area (Å²) in [6.07, 6.45) is 2.25. The van der Waals surface area contributed by atoms with Crippen LogP contribution in [0.1, 0.15) is 16.7 Å². The topological polar surface area (TPSA) is 33.6 Å². The van der Waals surface area contributed by atoms with Gasteiger partial charge in [-0.3, -0.25) is 9.67 Å². The molecule has 1 aromatic heterocycles. The fraction of sp³-hybridized carbons (Fsp3) is 0.143. The van der Waals surface area contributed by atoms with Crippen LogP contribution in [0.4, 0.5) is 0 Å². The largest absolute Gasteiger partial charge is 0.268 e.